The summed E-state index contributed by atoms with van der Waals surface area (Å²) in [5.74, 6) is 0. The lowest BCUT2D eigenvalue weighted by Gasteiger charge is -2.43. The van der Waals surface area contributed by atoms with Gasteiger partial charge in [-0.3, -0.25) is 4.90 Å². The van der Waals surface area contributed by atoms with Crippen LogP contribution in [-0.2, 0) is 0 Å². The lowest BCUT2D eigenvalue weighted by atomic mass is 10.0. The van der Waals surface area contributed by atoms with E-state index in [1.165, 1.54) is 13.1 Å². The molecule has 0 saturated carbocycles. The Kier molecular flexibility index (Phi) is 4.35. The maximum absolute atomic E-state index is 6.09. The first-order valence-corrected chi connectivity index (χ1v) is 5.76. The Morgan fingerprint density at radius 1 is 1.43 bits per heavy atom. The molecule has 1 aliphatic rings. The first-order chi connectivity index (χ1) is 6.56. The highest BCUT2D eigenvalue weighted by Crippen LogP contribution is 2.14. The Hall–Kier alpha value is -0.120. The molecule has 1 rings (SSSR count). The van der Waals surface area contributed by atoms with Gasteiger partial charge in [0.15, 0.2) is 0 Å². The molecule has 2 N–H and O–H groups in total. The van der Waals surface area contributed by atoms with E-state index in [2.05, 4.69) is 37.6 Å². The summed E-state index contributed by atoms with van der Waals surface area (Å²) in [5.41, 5.74) is 6.09. The molecule has 0 bridgehead atoms. The Morgan fingerprint density at radius 2 is 2.07 bits per heavy atom. The predicted molar refractivity (Wildman–Crippen MR) is 61.4 cm³/mol. The van der Waals surface area contributed by atoms with Crippen LogP contribution in [0.15, 0.2) is 0 Å². The van der Waals surface area contributed by atoms with Crippen LogP contribution in [0.2, 0.25) is 0 Å². The van der Waals surface area contributed by atoms with Crippen molar-refractivity contribution >= 4 is 0 Å². The van der Waals surface area contributed by atoms with E-state index >= 15 is 0 Å². The first-order valence-electron chi connectivity index (χ1n) is 5.76. The molecule has 1 saturated heterocycles. The SMILES string of the molecule is CCC(N)C(C)N1CCN(C)CC1C. The van der Waals surface area contributed by atoms with Gasteiger partial charge in [-0.1, -0.05) is 6.92 Å². The molecule has 0 spiro atoms. The van der Waals surface area contributed by atoms with Crippen LogP contribution in [0, 0.1) is 0 Å². The summed E-state index contributed by atoms with van der Waals surface area (Å²) >= 11 is 0. The molecular weight excluding hydrogens is 174 g/mol. The molecule has 1 fully saturated rings. The highest BCUT2D eigenvalue weighted by Gasteiger charge is 2.27. The third-order valence-corrected chi connectivity index (χ3v) is 3.50. The zero-order chi connectivity index (χ0) is 10.7. The van der Waals surface area contributed by atoms with E-state index in [0.29, 0.717) is 18.1 Å². The molecule has 14 heavy (non-hydrogen) atoms. The fourth-order valence-corrected chi connectivity index (χ4v) is 2.35. The van der Waals surface area contributed by atoms with Gasteiger partial charge in [0.25, 0.3) is 0 Å². The van der Waals surface area contributed by atoms with E-state index in [9.17, 15) is 0 Å². The van der Waals surface area contributed by atoms with Crippen LogP contribution in [0.25, 0.3) is 0 Å². The molecule has 3 atom stereocenters. The second kappa shape index (κ2) is 5.10. The van der Waals surface area contributed by atoms with Crippen LogP contribution in [0.3, 0.4) is 0 Å². The van der Waals surface area contributed by atoms with Crippen molar-refractivity contribution in [3.63, 3.8) is 0 Å². The summed E-state index contributed by atoms with van der Waals surface area (Å²) in [5, 5.41) is 0. The fourth-order valence-electron chi connectivity index (χ4n) is 2.35. The van der Waals surface area contributed by atoms with Crippen LogP contribution in [0.5, 0.6) is 0 Å². The van der Waals surface area contributed by atoms with Gasteiger partial charge in [-0.2, -0.15) is 0 Å². The van der Waals surface area contributed by atoms with Crippen molar-refractivity contribution in [3.8, 4) is 0 Å². The standard InChI is InChI=1S/C11H25N3/c1-5-11(12)10(3)14-7-6-13(4)8-9(14)2/h9-11H,5-8,12H2,1-4H3. The monoisotopic (exact) mass is 199 g/mol. The number of rotatable bonds is 3. The molecule has 3 unspecified atom stereocenters. The molecule has 0 aromatic heterocycles. The molecule has 1 heterocycles. The molecule has 84 valence electrons. The summed E-state index contributed by atoms with van der Waals surface area (Å²) < 4.78 is 0. The third-order valence-electron chi connectivity index (χ3n) is 3.50. The molecule has 0 aromatic carbocycles. The molecule has 0 radical (unpaired) electrons. The molecule has 0 amide bonds. The van der Waals surface area contributed by atoms with E-state index in [1.807, 2.05) is 0 Å². The largest absolute Gasteiger partial charge is 0.326 e. The van der Waals surface area contributed by atoms with E-state index < -0.39 is 0 Å². The molecule has 0 aliphatic carbocycles. The van der Waals surface area contributed by atoms with Crippen molar-refractivity contribution < 1.29 is 0 Å². The first kappa shape index (κ1) is 12.0. The summed E-state index contributed by atoms with van der Waals surface area (Å²) in [6, 6.07) is 1.48. The van der Waals surface area contributed by atoms with E-state index in [0.717, 1.165) is 13.0 Å². The average Bonchev–Trinajstić information content (AvgIpc) is 2.15. The molecule has 3 heteroatoms. The second-order valence-corrected chi connectivity index (χ2v) is 4.66. The Labute approximate surface area is 88.2 Å². The van der Waals surface area contributed by atoms with Crippen molar-refractivity contribution in [2.45, 2.75) is 45.3 Å². The van der Waals surface area contributed by atoms with Gasteiger partial charge in [-0.05, 0) is 27.3 Å². The van der Waals surface area contributed by atoms with Crippen molar-refractivity contribution in [3.05, 3.63) is 0 Å². The van der Waals surface area contributed by atoms with Gasteiger partial charge in [0.05, 0.1) is 0 Å². The Balaban J connectivity index is 2.51. The van der Waals surface area contributed by atoms with Gasteiger partial charge in [-0.25, -0.2) is 0 Å². The van der Waals surface area contributed by atoms with E-state index in [4.69, 9.17) is 5.73 Å². The smallest absolute Gasteiger partial charge is 0.0222 e. The second-order valence-electron chi connectivity index (χ2n) is 4.66. The van der Waals surface area contributed by atoms with Gasteiger partial charge in [-0.15, -0.1) is 0 Å². The van der Waals surface area contributed by atoms with Crippen LogP contribution in [0.1, 0.15) is 27.2 Å². The minimum absolute atomic E-state index is 0.320. The topological polar surface area (TPSA) is 32.5 Å². The van der Waals surface area contributed by atoms with Crippen molar-refractivity contribution in [1.82, 2.24) is 9.80 Å². The molecule has 0 aromatic rings. The Morgan fingerprint density at radius 3 is 2.57 bits per heavy atom. The highest BCUT2D eigenvalue weighted by molar-refractivity contribution is 4.85. The third kappa shape index (κ3) is 2.69. The maximum atomic E-state index is 6.09. The van der Waals surface area contributed by atoms with Crippen molar-refractivity contribution in [2.75, 3.05) is 26.7 Å². The number of hydrogen-bond donors (Lipinski definition) is 1. The molecular formula is C11H25N3. The average molecular weight is 199 g/mol. The lowest BCUT2D eigenvalue weighted by molar-refractivity contribution is 0.0572. The zero-order valence-electron chi connectivity index (χ0n) is 10.0. The van der Waals surface area contributed by atoms with Gasteiger partial charge in [0.1, 0.15) is 0 Å². The fraction of sp³-hybridized carbons (Fsp3) is 1.00. The van der Waals surface area contributed by atoms with Crippen molar-refractivity contribution in [2.24, 2.45) is 5.73 Å². The van der Waals surface area contributed by atoms with E-state index in [-0.39, 0.29) is 0 Å². The number of nitrogens with two attached hydrogens (primary N) is 1. The van der Waals surface area contributed by atoms with Crippen molar-refractivity contribution in [1.29, 1.82) is 0 Å². The number of hydrogen-bond acceptors (Lipinski definition) is 3. The minimum Gasteiger partial charge on any atom is -0.326 e. The summed E-state index contributed by atoms with van der Waals surface area (Å²) in [7, 11) is 2.19. The molecule has 3 nitrogen and oxygen atoms in total. The minimum atomic E-state index is 0.320. The van der Waals surface area contributed by atoms with Gasteiger partial charge >= 0.3 is 0 Å². The van der Waals surface area contributed by atoms with Gasteiger partial charge in [0.2, 0.25) is 0 Å². The lowest BCUT2D eigenvalue weighted by Crippen LogP contribution is -2.57. The predicted octanol–water partition coefficient (Wildman–Crippen LogP) is 0.748. The number of piperazine rings is 1. The summed E-state index contributed by atoms with van der Waals surface area (Å²) in [6.45, 7) is 10.2. The Bertz CT molecular complexity index is 172. The van der Waals surface area contributed by atoms with Crippen LogP contribution < -0.4 is 5.73 Å². The van der Waals surface area contributed by atoms with Gasteiger partial charge in [0, 0.05) is 37.8 Å². The van der Waals surface area contributed by atoms with E-state index in [1.54, 1.807) is 0 Å². The quantitative estimate of drug-likeness (QED) is 0.728. The highest BCUT2D eigenvalue weighted by atomic mass is 15.3. The normalized spacial score (nSPS) is 30.2. The van der Waals surface area contributed by atoms with Crippen LogP contribution in [-0.4, -0.2) is 54.6 Å². The zero-order valence-corrected chi connectivity index (χ0v) is 10.0. The molecule has 1 aliphatic heterocycles. The van der Waals surface area contributed by atoms with Crippen LogP contribution in [0.4, 0.5) is 0 Å². The summed E-state index contributed by atoms with van der Waals surface area (Å²) in [6.07, 6.45) is 1.07. The number of nitrogens with zero attached hydrogens (tertiary/aromatic N) is 2. The van der Waals surface area contributed by atoms with Gasteiger partial charge < -0.3 is 10.6 Å². The summed E-state index contributed by atoms with van der Waals surface area (Å²) in [4.78, 5) is 4.94. The maximum Gasteiger partial charge on any atom is 0.0222 e. The van der Waals surface area contributed by atoms with Crippen LogP contribution >= 0.6 is 0 Å². The number of likely N-dealkylation sites (N-methyl/N-ethyl adjacent to an activating group) is 1.